The van der Waals surface area contributed by atoms with E-state index in [9.17, 15) is 14.7 Å². The van der Waals surface area contributed by atoms with Crippen LogP contribution in [0.25, 0.3) is 0 Å². The van der Waals surface area contributed by atoms with Gasteiger partial charge in [0.05, 0.1) is 41.0 Å². The molecule has 0 aromatic heterocycles. The van der Waals surface area contributed by atoms with Gasteiger partial charge in [0.2, 0.25) is 0 Å². The Morgan fingerprint density at radius 1 is 0.900 bits per heavy atom. The van der Waals surface area contributed by atoms with Crippen molar-refractivity contribution in [3.8, 4) is 23.0 Å². The molecule has 0 radical (unpaired) electrons. The topological polar surface area (TPSA) is 101 Å². The quantitative estimate of drug-likeness (QED) is 0.585. The molecule has 4 rings (SSSR count). The number of fused-ring (bicyclic) bond motifs is 2. The maximum atomic E-state index is 13.2. The van der Waals surface area contributed by atoms with Crippen LogP contribution >= 0.6 is 0 Å². The number of aliphatic hydroxyl groups is 1. The minimum Gasteiger partial charge on any atom is -0.493 e. The molecule has 0 saturated carbocycles. The minimum atomic E-state index is -1.71. The van der Waals surface area contributed by atoms with Crippen LogP contribution in [0.3, 0.4) is 0 Å². The second-order valence-corrected chi connectivity index (χ2v) is 7.17. The van der Waals surface area contributed by atoms with Gasteiger partial charge in [-0.05, 0) is 29.8 Å². The molecule has 158 valence electrons. The Labute approximate surface area is 173 Å². The molecule has 2 aromatic rings. The van der Waals surface area contributed by atoms with Crippen LogP contribution < -0.4 is 18.9 Å². The number of cyclic esters (lactones) is 1. The largest absolute Gasteiger partial charge is 0.493 e. The third-order valence-electron chi connectivity index (χ3n) is 5.90. The molecule has 1 N–H and O–H groups in total. The summed E-state index contributed by atoms with van der Waals surface area (Å²) < 4.78 is 26.6. The highest BCUT2D eigenvalue weighted by molar-refractivity contribution is 6.12. The smallest absolute Gasteiger partial charge is 0.317 e. The SMILES string of the molecule is COc1ccc(C2(O)c3cc(OC)c(OC)cc3C(=O)C3C(=O)OCC32)cc1OC. The lowest BCUT2D eigenvalue weighted by molar-refractivity contribution is -0.140. The summed E-state index contributed by atoms with van der Waals surface area (Å²) in [7, 11) is 5.92. The van der Waals surface area contributed by atoms with Gasteiger partial charge < -0.3 is 28.8 Å². The van der Waals surface area contributed by atoms with E-state index in [2.05, 4.69) is 0 Å². The summed E-state index contributed by atoms with van der Waals surface area (Å²) in [5.41, 5.74) is -0.768. The normalized spacial score (nSPS) is 24.6. The van der Waals surface area contributed by atoms with Crippen LogP contribution in [-0.4, -0.2) is 51.9 Å². The van der Waals surface area contributed by atoms with E-state index in [1.807, 2.05) is 0 Å². The summed E-state index contributed by atoms with van der Waals surface area (Å²) in [6, 6.07) is 8.04. The number of methoxy groups -OCH3 is 4. The Bertz CT molecular complexity index is 1030. The van der Waals surface area contributed by atoms with Crippen LogP contribution in [0.4, 0.5) is 0 Å². The summed E-state index contributed by atoms with van der Waals surface area (Å²) in [5, 5.41) is 12.1. The molecule has 2 aliphatic rings. The first-order valence-corrected chi connectivity index (χ1v) is 9.32. The third-order valence-corrected chi connectivity index (χ3v) is 5.90. The molecule has 0 bridgehead atoms. The molecule has 1 saturated heterocycles. The number of ketones is 1. The number of hydrogen-bond acceptors (Lipinski definition) is 8. The van der Waals surface area contributed by atoms with E-state index in [0.717, 1.165) is 0 Å². The maximum absolute atomic E-state index is 13.2. The summed E-state index contributed by atoms with van der Waals surface area (Å²) in [6.45, 7) is -0.0894. The first-order valence-electron chi connectivity index (χ1n) is 9.32. The molecule has 1 aliphatic carbocycles. The lowest BCUT2D eigenvalue weighted by Gasteiger charge is -2.41. The first kappa shape index (κ1) is 20.0. The number of Topliss-reactive ketones (excluding diaryl/α,β-unsaturated/α-hetero) is 1. The highest BCUT2D eigenvalue weighted by Crippen LogP contribution is 2.52. The minimum absolute atomic E-state index is 0.0894. The fraction of sp³-hybridized carbons (Fsp3) is 0.364. The standard InChI is InChI=1S/C22H22O8/c1-26-15-6-5-11(7-16(15)27-2)22(25)13-9-18(29-4)17(28-3)8-12(13)20(23)19-14(22)10-30-21(19)24/h5-9,14,19,25H,10H2,1-4H3. The molecule has 8 nitrogen and oxygen atoms in total. The van der Waals surface area contributed by atoms with E-state index in [4.69, 9.17) is 23.7 Å². The number of ether oxygens (including phenoxy) is 5. The summed E-state index contributed by atoms with van der Waals surface area (Å²) in [6.07, 6.45) is 0. The summed E-state index contributed by atoms with van der Waals surface area (Å²) in [4.78, 5) is 25.6. The maximum Gasteiger partial charge on any atom is 0.317 e. The van der Waals surface area contributed by atoms with Crippen LogP contribution in [0.2, 0.25) is 0 Å². The zero-order valence-corrected chi connectivity index (χ0v) is 17.1. The third kappa shape index (κ3) is 2.64. The Kier molecular flexibility index (Phi) is 4.82. The number of rotatable bonds is 5. The Morgan fingerprint density at radius 3 is 2.13 bits per heavy atom. The number of benzene rings is 2. The van der Waals surface area contributed by atoms with Crippen LogP contribution in [0.5, 0.6) is 23.0 Å². The van der Waals surface area contributed by atoms with E-state index in [1.54, 1.807) is 24.3 Å². The van der Waals surface area contributed by atoms with Crippen molar-refractivity contribution in [3.05, 3.63) is 47.0 Å². The molecule has 8 heteroatoms. The van der Waals surface area contributed by atoms with E-state index < -0.39 is 29.2 Å². The molecular weight excluding hydrogens is 392 g/mol. The molecule has 0 amide bonds. The lowest BCUT2D eigenvalue weighted by atomic mass is 9.64. The zero-order valence-electron chi connectivity index (χ0n) is 17.1. The van der Waals surface area contributed by atoms with Crippen molar-refractivity contribution < 1.29 is 38.4 Å². The van der Waals surface area contributed by atoms with Gasteiger partial charge in [-0.15, -0.1) is 0 Å². The average Bonchev–Trinajstić information content (AvgIpc) is 3.18. The van der Waals surface area contributed by atoms with Crippen LogP contribution in [0.15, 0.2) is 30.3 Å². The molecule has 2 aromatic carbocycles. The van der Waals surface area contributed by atoms with Crippen molar-refractivity contribution in [2.75, 3.05) is 35.0 Å². The van der Waals surface area contributed by atoms with Crippen molar-refractivity contribution in [2.45, 2.75) is 5.60 Å². The first-order chi connectivity index (χ1) is 14.4. The molecule has 3 atom stereocenters. The molecule has 1 heterocycles. The van der Waals surface area contributed by atoms with Crippen molar-refractivity contribution >= 4 is 11.8 Å². The second-order valence-electron chi connectivity index (χ2n) is 7.17. The highest BCUT2D eigenvalue weighted by Gasteiger charge is 2.59. The predicted octanol–water partition coefficient (Wildman–Crippen LogP) is 1.94. The fourth-order valence-electron chi connectivity index (χ4n) is 4.38. The van der Waals surface area contributed by atoms with Crippen LogP contribution in [0.1, 0.15) is 21.5 Å². The fourth-order valence-corrected chi connectivity index (χ4v) is 4.38. The Balaban J connectivity index is 2.02. The van der Waals surface area contributed by atoms with Crippen LogP contribution in [0, 0.1) is 11.8 Å². The predicted molar refractivity (Wildman–Crippen MR) is 104 cm³/mol. The second kappa shape index (κ2) is 7.21. The van der Waals surface area contributed by atoms with Crippen molar-refractivity contribution in [1.29, 1.82) is 0 Å². The number of carbonyl (C=O) groups excluding carboxylic acids is 2. The van der Waals surface area contributed by atoms with Gasteiger partial charge in [-0.1, -0.05) is 6.07 Å². The van der Waals surface area contributed by atoms with Crippen molar-refractivity contribution in [2.24, 2.45) is 11.8 Å². The van der Waals surface area contributed by atoms with Crippen molar-refractivity contribution in [1.82, 2.24) is 0 Å². The summed E-state index contributed by atoms with van der Waals surface area (Å²) in [5.74, 6) is -1.41. The van der Waals surface area contributed by atoms with Crippen molar-refractivity contribution in [3.63, 3.8) is 0 Å². The van der Waals surface area contributed by atoms with Gasteiger partial charge in [0.15, 0.2) is 28.8 Å². The summed E-state index contributed by atoms with van der Waals surface area (Å²) >= 11 is 0. The van der Waals surface area contributed by atoms with E-state index >= 15 is 0 Å². The van der Waals surface area contributed by atoms with Gasteiger partial charge in [0.1, 0.15) is 11.5 Å². The molecule has 3 unspecified atom stereocenters. The van der Waals surface area contributed by atoms with Crippen LogP contribution in [-0.2, 0) is 15.1 Å². The monoisotopic (exact) mass is 414 g/mol. The number of carbonyl (C=O) groups is 2. The molecule has 0 spiro atoms. The molecular formula is C22H22O8. The number of esters is 1. The van der Waals surface area contributed by atoms with E-state index in [0.29, 0.717) is 34.1 Å². The number of hydrogen-bond donors (Lipinski definition) is 1. The lowest BCUT2D eigenvalue weighted by Crippen LogP contribution is -2.48. The Hall–Kier alpha value is -3.26. The zero-order chi connectivity index (χ0) is 21.6. The van der Waals surface area contributed by atoms with Gasteiger partial charge >= 0.3 is 5.97 Å². The highest BCUT2D eigenvalue weighted by atomic mass is 16.5. The average molecular weight is 414 g/mol. The molecule has 1 aliphatic heterocycles. The van der Waals surface area contributed by atoms with E-state index in [1.165, 1.54) is 34.5 Å². The molecule has 1 fully saturated rings. The Morgan fingerprint density at radius 2 is 1.50 bits per heavy atom. The van der Waals surface area contributed by atoms with Gasteiger partial charge in [-0.25, -0.2) is 0 Å². The van der Waals surface area contributed by atoms with E-state index in [-0.39, 0.29) is 12.2 Å². The van der Waals surface area contributed by atoms with Gasteiger partial charge in [0.25, 0.3) is 0 Å². The molecule has 30 heavy (non-hydrogen) atoms. The van der Waals surface area contributed by atoms with Gasteiger partial charge in [-0.2, -0.15) is 0 Å². The van der Waals surface area contributed by atoms with Gasteiger partial charge in [-0.3, -0.25) is 9.59 Å². The van der Waals surface area contributed by atoms with Gasteiger partial charge in [0, 0.05) is 11.1 Å².